The molecule has 110 valence electrons. The van der Waals surface area contributed by atoms with E-state index in [4.69, 9.17) is 14.7 Å². The van der Waals surface area contributed by atoms with E-state index in [0.717, 1.165) is 46.7 Å². The number of nitrogens with zero attached hydrogens (tertiary/aromatic N) is 2. The Balaban J connectivity index is 2.13. The predicted octanol–water partition coefficient (Wildman–Crippen LogP) is 3.64. The maximum atomic E-state index is 5.49. The summed E-state index contributed by atoms with van der Waals surface area (Å²) in [4.78, 5) is 9.48. The van der Waals surface area contributed by atoms with Crippen molar-refractivity contribution in [1.29, 1.82) is 0 Å². The fraction of sp³-hybridized carbons (Fsp3) is 0.375. The number of thioether (sulfide) groups is 1. The number of rotatable bonds is 4. The summed E-state index contributed by atoms with van der Waals surface area (Å²) in [5.41, 5.74) is 4.50. The molecule has 1 N–H and O–H groups in total. The average Bonchev–Trinajstić information content (AvgIpc) is 2.96. The van der Waals surface area contributed by atoms with E-state index in [9.17, 15) is 0 Å². The number of ether oxygens (including phenoxy) is 1. The molecule has 1 aliphatic rings. The first-order chi connectivity index (χ1) is 10.2. The lowest BCUT2D eigenvalue weighted by molar-refractivity contribution is 0.416. The molecule has 1 aromatic heterocycles. The molecule has 0 unspecified atom stereocenters. The van der Waals surface area contributed by atoms with E-state index in [-0.39, 0.29) is 0 Å². The predicted molar refractivity (Wildman–Crippen MR) is 87.9 cm³/mol. The summed E-state index contributed by atoms with van der Waals surface area (Å²) >= 11 is 1.89. The number of aryl methyl sites for hydroxylation is 1. The molecule has 2 heterocycles. The number of hydrogen-bond acceptors (Lipinski definition) is 5. The fourth-order valence-corrected chi connectivity index (χ4v) is 3.51. The van der Waals surface area contributed by atoms with Crippen LogP contribution in [0.4, 0.5) is 5.82 Å². The van der Waals surface area contributed by atoms with Crippen molar-refractivity contribution in [3.63, 3.8) is 0 Å². The van der Waals surface area contributed by atoms with E-state index < -0.39 is 0 Å². The minimum atomic E-state index is 0.740. The third-order valence-corrected chi connectivity index (χ3v) is 4.49. The van der Waals surface area contributed by atoms with Crippen LogP contribution in [-0.4, -0.2) is 23.6 Å². The maximum absolute atomic E-state index is 5.49. The fourth-order valence-electron chi connectivity index (χ4n) is 2.47. The minimum Gasteiger partial charge on any atom is -0.496 e. The zero-order chi connectivity index (χ0) is 14.8. The SMILES string of the molecule is CCNc1nc(-c2ccc(C)cc2OC)nc2c1CSC2. The summed E-state index contributed by atoms with van der Waals surface area (Å²) in [6.07, 6.45) is 0. The van der Waals surface area contributed by atoms with Gasteiger partial charge in [-0.05, 0) is 31.5 Å². The van der Waals surface area contributed by atoms with Crippen molar-refractivity contribution >= 4 is 17.6 Å². The molecule has 0 bridgehead atoms. The Kier molecular flexibility index (Phi) is 4.01. The standard InChI is InChI=1S/C16H19N3OS/c1-4-17-15-12-8-21-9-13(12)18-16(19-15)11-6-5-10(2)7-14(11)20-3/h5-7H,4,8-9H2,1-3H3,(H,17,18,19). The molecule has 4 nitrogen and oxygen atoms in total. The number of nitrogens with one attached hydrogen (secondary N) is 1. The van der Waals surface area contributed by atoms with Gasteiger partial charge in [0.2, 0.25) is 0 Å². The first kappa shape index (κ1) is 14.2. The lowest BCUT2D eigenvalue weighted by Crippen LogP contribution is -2.07. The topological polar surface area (TPSA) is 47.0 Å². The molecule has 0 saturated heterocycles. The van der Waals surface area contributed by atoms with Crippen molar-refractivity contribution in [1.82, 2.24) is 9.97 Å². The molecule has 0 aliphatic carbocycles. The average molecular weight is 301 g/mol. The minimum absolute atomic E-state index is 0.740. The lowest BCUT2D eigenvalue weighted by Gasteiger charge is -2.13. The molecule has 0 amide bonds. The lowest BCUT2D eigenvalue weighted by atomic mass is 10.1. The van der Waals surface area contributed by atoms with Gasteiger partial charge in [-0.2, -0.15) is 11.8 Å². The number of benzene rings is 1. The third-order valence-electron chi connectivity index (χ3n) is 3.52. The Hall–Kier alpha value is -1.75. The van der Waals surface area contributed by atoms with Crippen molar-refractivity contribution < 1.29 is 4.74 Å². The van der Waals surface area contributed by atoms with Gasteiger partial charge < -0.3 is 10.1 Å². The van der Waals surface area contributed by atoms with Gasteiger partial charge >= 0.3 is 0 Å². The number of fused-ring (bicyclic) bond motifs is 1. The summed E-state index contributed by atoms with van der Waals surface area (Å²) in [5, 5.41) is 3.36. The van der Waals surface area contributed by atoms with Gasteiger partial charge in [-0.3, -0.25) is 0 Å². The van der Waals surface area contributed by atoms with Crippen LogP contribution < -0.4 is 10.1 Å². The van der Waals surface area contributed by atoms with E-state index in [1.807, 2.05) is 23.9 Å². The number of methoxy groups -OCH3 is 1. The van der Waals surface area contributed by atoms with Crippen LogP contribution in [0.15, 0.2) is 18.2 Å². The van der Waals surface area contributed by atoms with Crippen molar-refractivity contribution in [2.24, 2.45) is 0 Å². The molecular weight excluding hydrogens is 282 g/mol. The first-order valence-electron chi connectivity index (χ1n) is 7.09. The zero-order valence-electron chi connectivity index (χ0n) is 12.6. The summed E-state index contributed by atoms with van der Waals surface area (Å²) in [5.74, 6) is 4.47. The van der Waals surface area contributed by atoms with Gasteiger partial charge in [0.15, 0.2) is 5.82 Å². The Morgan fingerprint density at radius 3 is 2.90 bits per heavy atom. The summed E-state index contributed by atoms with van der Waals surface area (Å²) < 4.78 is 5.49. The second-order valence-corrected chi connectivity index (χ2v) is 6.03. The molecule has 0 radical (unpaired) electrons. The highest BCUT2D eigenvalue weighted by Crippen LogP contribution is 2.36. The van der Waals surface area contributed by atoms with E-state index >= 15 is 0 Å². The van der Waals surface area contributed by atoms with Crippen LogP contribution in [0.1, 0.15) is 23.7 Å². The monoisotopic (exact) mass is 301 g/mol. The highest BCUT2D eigenvalue weighted by molar-refractivity contribution is 7.98. The molecule has 0 spiro atoms. The van der Waals surface area contributed by atoms with Crippen LogP contribution in [0.2, 0.25) is 0 Å². The summed E-state index contributed by atoms with van der Waals surface area (Å²) in [7, 11) is 1.69. The summed E-state index contributed by atoms with van der Waals surface area (Å²) in [6.45, 7) is 5.00. The van der Waals surface area contributed by atoms with Gasteiger partial charge in [0.05, 0.1) is 18.4 Å². The van der Waals surface area contributed by atoms with Crippen molar-refractivity contribution in [3.8, 4) is 17.1 Å². The van der Waals surface area contributed by atoms with Crippen LogP contribution in [0, 0.1) is 6.92 Å². The van der Waals surface area contributed by atoms with Gasteiger partial charge in [0, 0.05) is 23.6 Å². The highest BCUT2D eigenvalue weighted by Gasteiger charge is 2.21. The molecule has 3 rings (SSSR count). The second-order valence-electron chi connectivity index (χ2n) is 5.05. The molecule has 21 heavy (non-hydrogen) atoms. The van der Waals surface area contributed by atoms with Crippen molar-refractivity contribution in [2.45, 2.75) is 25.4 Å². The zero-order valence-corrected chi connectivity index (χ0v) is 13.4. The van der Waals surface area contributed by atoms with E-state index in [0.29, 0.717) is 0 Å². The van der Waals surface area contributed by atoms with Gasteiger partial charge in [-0.1, -0.05) is 6.07 Å². The van der Waals surface area contributed by atoms with E-state index in [1.165, 1.54) is 11.1 Å². The van der Waals surface area contributed by atoms with Crippen LogP contribution in [-0.2, 0) is 11.5 Å². The first-order valence-corrected chi connectivity index (χ1v) is 8.24. The largest absolute Gasteiger partial charge is 0.496 e. The van der Waals surface area contributed by atoms with Crippen LogP contribution in [0.3, 0.4) is 0 Å². The Labute approximate surface area is 129 Å². The normalized spacial score (nSPS) is 13.1. The van der Waals surface area contributed by atoms with Crippen molar-refractivity contribution in [3.05, 3.63) is 35.0 Å². The van der Waals surface area contributed by atoms with Gasteiger partial charge in [0.25, 0.3) is 0 Å². The molecule has 0 atom stereocenters. The molecule has 5 heteroatoms. The van der Waals surface area contributed by atoms with Crippen LogP contribution >= 0.6 is 11.8 Å². The number of hydrogen-bond donors (Lipinski definition) is 1. The quantitative estimate of drug-likeness (QED) is 0.934. The van der Waals surface area contributed by atoms with Crippen molar-refractivity contribution in [2.75, 3.05) is 19.0 Å². The van der Waals surface area contributed by atoms with Gasteiger partial charge in [-0.25, -0.2) is 9.97 Å². The molecule has 0 fully saturated rings. The third kappa shape index (κ3) is 2.70. The van der Waals surface area contributed by atoms with E-state index in [2.05, 4.69) is 25.2 Å². The second kappa shape index (κ2) is 5.93. The number of anilines is 1. The number of aromatic nitrogens is 2. The highest BCUT2D eigenvalue weighted by atomic mass is 32.2. The van der Waals surface area contributed by atoms with E-state index in [1.54, 1.807) is 7.11 Å². The molecule has 0 saturated carbocycles. The molecule has 1 aliphatic heterocycles. The van der Waals surface area contributed by atoms with Gasteiger partial charge in [0.1, 0.15) is 11.6 Å². The van der Waals surface area contributed by atoms with Crippen LogP contribution in [0.5, 0.6) is 5.75 Å². The Morgan fingerprint density at radius 1 is 1.29 bits per heavy atom. The molecule has 2 aromatic rings. The van der Waals surface area contributed by atoms with Crippen LogP contribution in [0.25, 0.3) is 11.4 Å². The van der Waals surface area contributed by atoms with Gasteiger partial charge in [-0.15, -0.1) is 0 Å². The summed E-state index contributed by atoms with van der Waals surface area (Å²) in [6, 6.07) is 6.12. The Bertz CT molecular complexity index is 673. The smallest absolute Gasteiger partial charge is 0.165 e. The maximum Gasteiger partial charge on any atom is 0.165 e. The molecular formula is C16H19N3OS. The molecule has 1 aromatic carbocycles. The Morgan fingerprint density at radius 2 is 2.14 bits per heavy atom.